The van der Waals surface area contributed by atoms with Crippen LogP contribution in [-0.2, 0) is 4.79 Å². The minimum atomic E-state index is -0.918. The van der Waals surface area contributed by atoms with E-state index in [1.807, 2.05) is 6.07 Å². The van der Waals surface area contributed by atoms with Crippen molar-refractivity contribution >= 4 is 23.3 Å². The highest BCUT2D eigenvalue weighted by Gasteiger charge is 2.23. The molecule has 0 heterocycles. The molecule has 0 aliphatic carbocycles. The Bertz CT molecular complexity index is 468. The number of carbonyl (C=O) groups is 1. The monoisotopic (exact) mass is 252 g/mol. The van der Waals surface area contributed by atoms with E-state index in [0.717, 1.165) is 0 Å². The molecule has 0 radical (unpaired) electrons. The lowest BCUT2D eigenvalue weighted by molar-refractivity contribution is -0.138. The number of halogens is 1. The van der Waals surface area contributed by atoms with Crippen LogP contribution in [-0.4, -0.2) is 24.2 Å². The molecule has 17 heavy (non-hydrogen) atoms. The smallest absolute Gasteiger partial charge is 0.326 e. The van der Waals surface area contributed by atoms with E-state index in [9.17, 15) is 4.79 Å². The van der Waals surface area contributed by atoms with Crippen LogP contribution in [0.3, 0.4) is 0 Å². The summed E-state index contributed by atoms with van der Waals surface area (Å²) in [6.45, 7) is 1.78. The van der Waals surface area contributed by atoms with Crippen LogP contribution in [0.15, 0.2) is 18.2 Å². The SMILES string of the molecule is CCC(C(=O)O)N(C)c1cccc(Cl)c1C#N. The molecule has 1 unspecified atom stereocenters. The molecule has 0 aromatic heterocycles. The summed E-state index contributed by atoms with van der Waals surface area (Å²) in [5.41, 5.74) is 0.839. The Balaban J connectivity index is 3.21. The summed E-state index contributed by atoms with van der Waals surface area (Å²) < 4.78 is 0. The molecule has 4 nitrogen and oxygen atoms in total. The first-order valence-electron chi connectivity index (χ1n) is 5.17. The van der Waals surface area contributed by atoms with Crippen molar-refractivity contribution in [3.05, 3.63) is 28.8 Å². The van der Waals surface area contributed by atoms with Crippen molar-refractivity contribution in [2.24, 2.45) is 0 Å². The molecule has 0 amide bonds. The lowest BCUT2D eigenvalue weighted by Gasteiger charge is -2.26. The summed E-state index contributed by atoms with van der Waals surface area (Å²) in [7, 11) is 1.65. The molecule has 1 aromatic carbocycles. The van der Waals surface area contributed by atoms with Gasteiger partial charge in [0.05, 0.1) is 16.3 Å². The minimum Gasteiger partial charge on any atom is -0.480 e. The zero-order valence-corrected chi connectivity index (χ0v) is 10.4. The standard InChI is InChI=1S/C12H13ClN2O2/c1-3-10(12(16)17)15(2)11-6-4-5-9(13)8(11)7-14/h4-6,10H,3H2,1-2H3,(H,16,17). The van der Waals surface area contributed by atoms with Crippen LogP contribution in [0.25, 0.3) is 0 Å². The van der Waals surface area contributed by atoms with Gasteiger partial charge >= 0.3 is 5.97 Å². The van der Waals surface area contributed by atoms with Crippen molar-refractivity contribution in [1.29, 1.82) is 5.26 Å². The molecule has 0 saturated heterocycles. The molecular weight excluding hydrogens is 240 g/mol. The molecule has 0 spiro atoms. The average Bonchev–Trinajstić information content (AvgIpc) is 2.28. The predicted molar refractivity (Wildman–Crippen MR) is 66.3 cm³/mol. The molecule has 5 heteroatoms. The average molecular weight is 253 g/mol. The van der Waals surface area contributed by atoms with E-state index < -0.39 is 12.0 Å². The Morgan fingerprint density at radius 2 is 2.29 bits per heavy atom. The van der Waals surface area contributed by atoms with E-state index in [2.05, 4.69) is 0 Å². The highest BCUT2D eigenvalue weighted by atomic mass is 35.5. The van der Waals surface area contributed by atoms with Crippen molar-refractivity contribution in [2.75, 3.05) is 11.9 Å². The van der Waals surface area contributed by atoms with Crippen LogP contribution < -0.4 is 4.90 Å². The number of hydrogen-bond donors (Lipinski definition) is 1. The maximum absolute atomic E-state index is 11.1. The molecule has 0 bridgehead atoms. The van der Waals surface area contributed by atoms with Gasteiger partial charge in [0, 0.05) is 7.05 Å². The highest BCUT2D eigenvalue weighted by Crippen LogP contribution is 2.27. The van der Waals surface area contributed by atoms with Gasteiger partial charge in [0.2, 0.25) is 0 Å². The van der Waals surface area contributed by atoms with Gasteiger partial charge in [0.1, 0.15) is 12.1 Å². The van der Waals surface area contributed by atoms with Crippen LogP contribution in [0.1, 0.15) is 18.9 Å². The van der Waals surface area contributed by atoms with Gasteiger partial charge in [0.25, 0.3) is 0 Å². The van der Waals surface area contributed by atoms with Crippen LogP contribution in [0.2, 0.25) is 5.02 Å². The number of hydrogen-bond acceptors (Lipinski definition) is 3. The number of rotatable bonds is 4. The molecule has 1 aromatic rings. The maximum atomic E-state index is 11.1. The van der Waals surface area contributed by atoms with Crippen molar-refractivity contribution in [2.45, 2.75) is 19.4 Å². The molecule has 90 valence electrons. The first-order chi connectivity index (χ1) is 8.02. The summed E-state index contributed by atoms with van der Waals surface area (Å²) in [4.78, 5) is 12.6. The summed E-state index contributed by atoms with van der Waals surface area (Å²) in [5, 5.41) is 18.4. The van der Waals surface area contributed by atoms with Crippen LogP contribution in [0, 0.1) is 11.3 Å². The second kappa shape index (κ2) is 5.55. The van der Waals surface area contributed by atoms with E-state index in [1.165, 1.54) is 0 Å². The van der Waals surface area contributed by atoms with Gasteiger partial charge in [-0.05, 0) is 18.6 Å². The van der Waals surface area contributed by atoms with E-state index in [0.29, 0.717) is 22.7 Å². The van der Waals surface area contributed by atoms with Crippen molar-refractivity contribution in [3.63, 3.8) is 0 Å². The summed E-state index contributed by atoms with van der Waals surface area (Å²) in [6.07, 6.45) is 0.448. The number of carboxylic acids is 1. The van der Waals surface area contributed by atoms with E-state index in [-0.39, 0.29) is 0 Å². The molecule has 0 saturated carbocycles. The van der Waals surface area contributed by atoms with Crippen LogP contribution >= 0.6 is 11.6 Å². The Hall–Kier alpha value is -1.73. The molecular formula is C12H13ClN2O2. The number of benzene rings is 1. The number of aliphatic carboxylic acids is 1. The summed E-state index contributed by atoms with van der Waals surface area (Å²) >= 11 is 5.90. The third-order valence-electron chi connectivity index (χ3n) is 2.62. The molecule has 1 atom stereocenters. The van der Waals surface area contributed by atoms with Crippen molar-refractivity contribution < 1.29 is 9.90 Å². The zero-order valence-electron chi connectivity index (χ0n) is 9.64. The number of carboxylic acid groups (broad SMARTS) is 1. The van der Waals surface area contributed by atoms with Crippen molar-refractivity contribution in [1.82, 2.24) is 0 Å². The van der Waals surface area contributed by atoms with Crippen LogP contribution in [0.4, 0.5) is 5.69 Å². The molecule has 1 N–H and O–H groups in total. The fourth-order valence-corrected chi connectivity index (χ4v) is 1.91. The Kier molecular flexibility index (Phi) is 4.36. The molecule has 0 aliphatic heterocycles. The first kappa shape index (κ1) is 13.3. The lowest BCUT2D eigenvalue weighted by atomic mass is 10.1. The third kappa shape index (κ3) is 2.69. The van der Waals surface area contributed by atoms with Gasteiger partial charge in [-0.2, -0.15) is 5.26 Å². The van der Waals surface area contributed by atoms with E-state index in [4.69, 9.17) is 22.0 Å². The number of nitrogens with zero attached hydrogens (tertiary/aromatic N) is 2. The zero-order chi connectivity index (χ0) is 13.0. The van der Waals surface area contributed by atoms with Gasteiger partial charge in [-0.25, -0.2) is 4.79 Å². The topological polar surface area (TPSA) is 64.3 Å². The minimum absolute atomic E-state index is 0.302. The third-order valence-corrected chi connectivity index (χ3v) is 2.94. The molecule has 0 fully saturated rings. The van der Waals surface area contributed by atoms with Gasteiger partial charge < -0.3 is 10.0 Å². The largest absolute Gasteiger partial charge is 0.480 e. The second-order valence-electron chi connectivity index (χ2n) is 3.62. The Morgan fingerprint density at radius 3 is 2.76 bits per heavy atom. The highest BCUT2D eigenvalue weighted by molar-refractivity contribution is 6.32. The van der Waals surface area contributed by atoms with Gasteiger partial charge in [0.15, 0.2) is 0 Å². The number of likely N-dealkylation sites (N-methyl/N-ethyl adjacent to an activating group) is 1. The van der Waals surface area contributed by atoms with Crippen molar-refractivity contribution in [3.8, 4) is 6.07 Å². The number of nitriles is 1. The lowest BCUT2D eigenvalue weighted by Crippen LogP contribution is -2.38. The fraction of sp³-hybridized carbons (Fsp3) is 0.333. The quantitative estimate of drug-likeness (QED) is 0.894. The fourth-order valence-electron chi connectivity index (χ4n) is 1.70. The normalized spacial score (nSPS) is 11.6. The first-order valence-corrected chi connectivity index (χ1v) is 5.55. The van der Waals surface area contributed by atoms with Crippen LogP contribution in [0.5, 0.6) is 0 Å². The van der Waals surface area contributed by atoms with E-state index >= 15 is 0 Å². The predicted octanol–water partition coefficient (Wildman–Crippen LogP) is 2.51. The summed E-state index contributed by atoms with van der Waals surface area (Å²) in [6, 6.07) is 6.33. The molecule has 1 rings (SSSR count). The number of anilines is 1. The Labute approximate surface area is 105 Å². The second-order valence-corrected chi connectivity index (χ2v) is 4.03. The van der Waals surface area contributed by atoms with Gasteiger partial charge in [-0.3, -0.25) is 0 Å². The van der Waals surface area contributed by atoms with Gasteiger partial charge in [-0.1, -0.05) is 24.6 Å². The Morgan fingerprint density at radius 1 is 1.65 bits per heavy atom. The van der Waals surface area contributed by atoms with E-state index in [1.54, 1.807) is 37.1 Å². The molecule has 0 aliphatic rings. The maximum Gasteiger partial charge on any atom is 0.326 e. The summed E-state index contributed by atoms with van der Waals surface area (Å²) in [5.74, 6) is -0.918. The van der Waals surface area contributed by atoms with Gasteiger partial charge in [-0.15, -0.1) is 0 Å².